The number of hydrogen-bond donors (Lipinski definition) is 4. The zero-order valence-electron chi connectivity index (χ0n) is 16.1. The molecule has 10 nitrogen and oxygen atoms in total. The van der Waals surface area contributed by atoms with E-state index < -0.39 is 22.5 Å². The van der Waals surface area contributed by atoms with Gasteiger partial charge in [0.2, 0.25) is 0 Å². The number of nitrogens with two attached hydrogens (primary N) is 1. The Hall–Kier alpha value is -3.60. The molecule has 4 heterocycles. The van der Waals surface area contributed by atoms with Crippen molar-refractivity contribution in [3.05, 3.63) is 57.5 Å². The van der Waals surface area contributed by atoms with Crippen molar-refractivity contribution in [2.45, 2.75) is 13.8 Å². The monoisotopic (exact) mass is 414 g/mol. The number of fused-ring (bicyclic) bond motifs is 1. The van der Waals surface area contributed by atoms with Gasteiger partial charge in [-0.1, -0.05) is 0 Å². The number of aromatic amines is 3. The van der Waals surface area contributed by atoms with Gasteiger partial charge < -0.3 is 10.7 Å². The number of rotatable bonds is 2. The Bertz CT molecular complexity index is 1540. The van der Waals surface area contributed by atoms with Crippen LogP contribution in [0.1, 0.15) is 9.75 Å². The van der Waals surface area contributed by atoms with E-state index in [0.29, 0.717) is 5.69 Å². The highest BCUT2D eigenvalue weighted by molar-refractivity contribution is 7.12. The van der Waals surface area contributed by atoms with Crippen molar-refractivity contribution < 1.29 is 0 Å². The third-order valence-corrected chi connectivity index (χ3v) is 5.96. The van der Waals surface area contributed by atoms with Gasteiger partial charge in [0.15, 0.2) is 0 Å². The lowest BCUT2D eigenvalue weighted by molar-refractivity contribution is 0.815. The molecule has 0 unspecified atom stereocenters. The summed E-state index contributed by atoms with van der Waals surface area (Å²) in [6, 6.07) is 1.92. The van der Waals surface area contributed by atoms with E-state index in [0.717, 1.165) is 19.9 Å². The summed E-state index contributed by atoms with van der Waals surface area (Å²) in [4.78, 5) is 59.1. The molecule has 5 N–H and O–H groups in total. The van der Waals surface area contributed by atoms with Crippen molar-refractivity contribution in [2.75, 3.05) is 5.73 Å². The Labute approximate surface area is 166 Å². The second-order valence-electron chi connectivity index (χ2n) is 6.82. The molecule has 0 atom stereocenters. The fourth-order valence-electron chi connectivity index (χ4n) is 3.51. The van der Waals surface area contributed by atoms with Crippen molar-refractivity contribution >= 4 is 28.2 Å². The topological polar surface area (TPSA) is 152 Å². The molecule has 0 saturated carbocycles. The fourth-order valence-corrected chi connectivity index (χ4v) is 4.44. The predicted octanol–water partition coefficient (Wildman–Crippen LogP) is 0.536. The van der Waals surface area contributed by atoms with Crippen LogP contribution in [0.15, 0.2) is 25.2 Å². The molecule has 0 radical (unpaired) electrons. The summed E-state index contributed by atoms with van der Waals surface area (Å²) in [6.07, 6.45) is 0. The van der Waals surface area contributed by atoms with Crippen LogP contribution in [0, 0.1) is 13.8 Å². The second kappa shape index (κ2) is 6.21. The summed E-state index contributed by atoms with van der Waals surface area (Å²) in [5.41, 5.74) is 5.23. The molecular formula is C18H18N6O4S. The zero-order chi connectivity index (χ0) is 21.2. The van der Waals surface area contributed by atoms with E-state index in [1.165, 1.54) is 18.7 Å². The number of nitrogens with zero attached hydrogens (tertiary/aromatic N) is 2. The number of thiophene rings is 1. The van der Waals surface area contributed by atoms with Gasteiger partial charge in [0.1, 0.15) is 11.5 Å². The second-order valence-corrected chi connectivity index (χ2v) is 8.28. The van der Waals surface area contributed by atoms with Gasteiger partial charge >= 0.3 is 11.4 Å². The Morgan fingerprint density at radius 1 is 0.897 bits per heavy atom. The molecule has 0 spiro atoms. The molecule has 150 valence electrons. The highest BCUT2D eigenvalue weighted by Gasteiger charge is 2.26. The summed E-state index contributed by atoms with van der Waals surface area (Å²) in [5.74, 6) is -0.0845. The standard InChI is InChI=1S/C18H18N6O4S/c1-6-5-8(7(2)29-6)12-9(10-13(19)23(3)17(27)21-15(10)25)11-14(20-12)24(4)18(28)22-16(11)26/h5,20H,19H2,1-4H3,(H,21,25,27)(H,22,26,28). The van der Waals surface area contributed by atoms with Crippen LogP contribution < -0.4 is 28.2 Å². The summed E-state index contributed by atoms with van der Waals surface area (Å²) >= 11 is 1.56. The SMILES string of the molecule is Cc1cc(-c2[nH]c3c(c2-c2c(N)n(C)c(=O)[nH]c2=O)c(=O)[nH]c(=O)n3C)c(C)s1. The molecule has 0 aliphatic carbocycles. The average molecular weight is 414 g/mol. The van der Waals surface area contributed by atoms with Gasteiger partial charge in [0.05, 0.1) is 16.6 Å². The predicted molar refractivity (Wildman–Crippen MR) is 113 cm³/mol. The van der Waals surface area contributed by atoms with Crippen LogP contribution in [-0.4, -0.2) is 24.1 Å². The van der Waals surface area contributed by atoms with E-state index in [9.17, 15) is 19.2 Å². The maximum Gasteiger partial charge on any atom is 0.329 e. The van der Waals surface area contributed by atoms with Crippen LogP contribution in [0.5, 0.6) is 0 Å². The molecule has 0 amide bonds. The highest BCUT2D eigenvalue weighted by Crippen LogP contribution is 2.40. The number of nitrogen functional groups attached to an aromatic ring is 1. The Morgan fingerprint density at radius 2 is 1.52 bits per heavy atom. The first-order chi connectivity index (χ1) is 13.6. The van der Waals surface area contributed by atoms with Crippen LogP contribution in [0.3, 0.4) is 0 Å². The van der Waals surface area contributed by atoms with Crippen LogP contribution in [-0.2, 0) is 14.1 Å². The van der Waals surface area contributed by atoms with Crippen molar-refractivity contribution in [3.63, 3.8) is 0 Å². The van der Waals surface area contributed by atoms with E-state index in [-0.39, 0.29) is 28.0 Å². The molecular weight excluding hydrogens is 396 g/mol. The Kier molecular flexibility index (Phi) is 4.01. The van der Waals surface area contributed by atoms with E-state index in [4.69, 9.17) is 5.73 Å². The lowest BCUT2D eigenvalue weighted by Crippen LogP contribution is -2.32. The maximum atomic E-state index is 12.8. The van der Waals surface area contributed by atoms with Crippen LogP contribution in [0.4, 0.5) is 5.82 Å². The van der Waals surface area contributed by atoms with E-state index in [2.05, 4.69) is 15.0 Å². The van der Waals surface area contributed by atoms with Crippen LogP contribution >= 0.6 is 11.3 Å². The van der Waals surface area contributed by atoms with Crippen molar-refractivity contribution in [2.24, 2.45) is 14.1 Å². The van der Waals surface area contributed by atoms with E-state index in [1.807, 2.05) is 19.9 Å². The molecule has 0 aromatic carbocycles. The van der Waals surface area contributed by atoms with E-state index in [1.54, 1.807) is 11.3 Å². The Balaban J connectivity index is 2.31. The van der Waals surface area contributed by atoms with E-state index >= 15 is 0 Å². The highest BCUT2D eigenvalue weighted by atomic mass is 32.1. The zero-order valence-corrected chi connectivity index (χ0v) is 16.9. The largest absolute Gasteiger partial charge is 0.384 e. The number of anilines is 1. The summed E-state index contributed by atoms with van der Waals surface area (Å²) < 4.78 is 2.35. The molecule has 4 aromatic rings. The minimum atomic E-state index is -0.717. The molecule has 4 aromatic heterocycles. The molecule has 0 aliphatic heterocycles. The van der Waals surface area contributed by atoms with Gasteiger partial charge in [-0.3, -0.25) is 28.7 Å². The third-order valence-electron chi connectivity index (χ3n) is 5.00. The number of aromatic nitrogens is 5. The van der Waals surface area contributed by atoms with Gasteiger partial charge in [0, 0.05) is 35.0 Å². The molecule has 0 saturated heterocycles. The van der Waals surface area contributed by atoms with Gasteiger partial charge in [0.25, 0.3) is 11.1 Å². The molecule has 0 bridgehead atoms. The molecule has 0 fully saturated rings. The molecule has 29 heavy (non-hydrogen) atoms. The van der Waals surface area contributed by atoms with Gasteiger partial charge in [-0.15, -0.1) is 11.3 Å². The quantitative estimate of drug-likeness (QED) is 0.377. The Morgan fingerprint density at radius 3 is 2.14 bits per heavy atom. The first-order valence-corrected chi connectivity index (χ1v) is 9.45. The first kappa shape index (κ1) is 18.7. The lowest BCUT2D eigenvalue weighted by atomic mass is 10.0. The summed E-state index contributed by atoms with van der Waals surface area (Å²) in [6.45, 7) is 3.86. The van der Waals surface area contributed by atoms with Crippen molar-refractivity contribution in [1.29, 1.82) is 0 Å². The molecule has 0 aliphatic rings. The minimum absolute atomic E-state index is 0.0132. The summed E-state index contributed by atoms with van der Waals surface area (Å²) in [7, 11) is 2.93. The van der Waals surface area contributed by atoms with Crippen LogP contribution in [0.25, 0.3) is 33.4 Å². The van der Waals surface area contributed by atoms with Gasteiger partial charge in [-0.2, -0.15) is 0 Å². The lowest BCUT2D eigenvalue weighted by Gasteiger charge is -2.10. The summed E-state index contributed by atoms with van der Waals surface area (Å²) in [5, 5.41) is 0.112. The number of nitrogens with one attached hydrogen (secondary N) is 3. The number of hydrogen-bond acceptors (Lipinski definition) is 6. The smallest absolute Gasteiger partial charge is 0.329 e. The van der Waals surface area contributed by atoms with Crippen LogP contribution in [0.2, 0.25) is 0 Å². The number of H-pyrrole nitrogens is 3. The van der Waals surface area contributed by atoms with Crippen molar-refractivity contribution in [1.82, 2.24) is 24.1 Å². The minimum Gasteiger partial charge on any atom is -0.384 e. The number of aryl methyl sites for hydroxylation is 3. The average Bonchev–Trinajstić information content (AvgIpc) is 3.18. The normalized spacial score (nSPS) is 11.4. The van der Waals surface area contributed by atoms with Crippen molar-refractivity contribution in [3.8, 4) is 22.4 Å². The molecule has 4 rings (SSSR count). The van der Waals surface area contributed by atoms with Gasteiger partial charge in [-0.25, -0.2) is 9.59 Å². The molecule has 11 heteroatoms. The first-order valence-electron chi connectivity index (χ1n) is 8.63. The third kappa shape index (κ3) is 2.62. The fraction of sp³-hybridized carbons (Fsp3) is 0.222. The van der Waals surface area contributed by atoms with Gasteiger partial charge in [-0.05, 0) is 19.9 Å². The maximum absolute atomic E-state index is 12.8.